The van der Waals surface area contributed by atoms with E-state index in [9.17, 15) is 14.0 Å². The number of para-hydroxylation sites is 1. The number of benzene rings is 2. The summed E-state index contributed by atoms with van der Waals surface area (Å²) in [4.78, 5) is 28.4. The van der Waals surface area contributed by atoms with Crippen LogP contribution in [-0.2, 0) is 9.53 Å². The van der Waals surface area contributed by atoms with Crippen LogP contribution in [-0.4, -0.2) is 44.0 Å². The van der Waals surface area contributed by atoms with Crippen LogP contribution in [0.2, 0.25) is 0 Å². The van der Waals surface area contributed by atoms with Gasteiger partial charge in [-0.1, -0.05) is 24.3 Å². The Morgan fingerprint density at radius 2 is 2.00 bits per heavy atom. The Bertz CT molecular complexity index is 840. The van der Waals surface area contributed by atoms with Crippen LogP contribution in [0.15, 0.2) is 48.5 Å². The first-order chi connectivity index (χ1) is 13.0. The summed E-state index contributed by atoms with van der Waals surface area (Å²) < 4.78 is 18.4. The molecule has 2 aromatic rings. The topological polar surface area (TPSA) is 49.9 Å². The number of carbonyl (C=O) groups is 2. The molecule has 5 nitrogen and oxygen atoms in total. The van der Waals surface area contributed by atoms with Crippen LogP contribution in [0.4, 0.5) is 10.1 Å². The second-order valence-electron chi connectivity index (χ2n) is 6.64. The number of esters is 1. The van der Waals surface area contributed by atoms with Crippen molar-refractivity contribution in [3.8, 4) is 0 Å². The quantitative estimate of drug-likeness (QED) is 0.757. The van der Waals surface area contributed by atoms with Crippen molar-refractivity contribution in [2.75, 3.05) is 32.1 Å². The summed E-state index contributed by atoms with van der Waals surface area (Å²) in [6, 6.07) is 13.4. The van der Waals surface area contributed by atoms with E-state index >= 15 is 0 Å². The molecule has 1 aliphatic heterocycles. The summed E-state index contributed by atoms with van der Waals surface area (Å²) in [5, 5.41) is 0. The molecule has 1 atom stereocenters. The Kier molecular flexibility index (Phi) is 5.86. The van der Waals surface area contributed by atoms with Gasteiger partial charge in [0.1, 0.15) is 5.82 Å². The van der Waals surface area contributed by atoms with Gasteiger partial charge in [0.25, 0.3) is 0 Å². The maximum atomic E-state index is 13.6. The fourth-order valence-corrected chi connectivity index (χ4v) is 3.57. The number of halogens is 1. The lowest BCUT2D eigenvalue weighted by molar-refractivity contribution is -0.119. The predicted molar refractivity (Wildman–Crippen MR) is 101 cm³/mol. The van der Waals surface area contributed by atoms with E-state index in [1.165, 1.54) is 24.1 Å². The van der Waals surface area contributed by atoms with Crippen molar-refractivity contribution >= 4 is 17.6 Å². The number of ether oxygens (including phenoxy) is 1. The smallest absolute Gasteiger partial charge is 0.339 e. The number of rotatable bonds is 5. The molecule has 1 saturated heterocycles. The molecule has 142 valence electrons. The third kappa shape index (κ3) is 4.17. The molecule has 0 saturated carbocycles. The summed E-state index contributed by atoms with van der Waals surface area (Å²) in [6.45, 7) is 0.979. The van der Waals surface area contributed by atoms with E-state index in [1.807, 2.05) is 6.07 Å². The molecule has 0 aliphatic carbocycles. The number of hydrogen-bond acceptors (Lipinski definition) is 4. The van der Waals surface area contributed by atoms with Crippen molar-refractivity contribution in [3.63, 3.8) is 0 Å². The first-order valence-corrected chi connectivity index (χ1v) is 8.94. The van der Waals surface area contributed by atoms with Crippen LogP contribution in [0.5, 0.6) is 0 Å². The SMILES string of the molecule is COC(=O)c1ccccc1N(C)C(=O)CN1CCC[C@@H]1c1cccc(F)c1. The molecular weight excluding hydrogens is 347 g/mol. The van der Waals surface area contributed by atoms with Gasteiger partial charge in [-0.15, -0.1) is 0 Å². The molecule has 0 spiro atoms. The number of carbonyl (C=O) groups excluding carboxylic acids is 2. The summed E-state index contributed by atoms with van der Waals surface area (Å²) in [5.74, 6) is -0.881. The summed E-state index contributed by atoms with van der Waals surface area (Å²) in [5.41, 5.74) is 1.74. The highest BCUT2D eigenvalue weighted by Crippen LogP contribution is 2.32. The van der Waals surface area contributed by atoms with Gasteiger partial charge in [0.15, 0.2) is 0 Å². The number of methoxy groups -OCH3 is 1. The second-order valence-corrected chi connectivity index (χ2v) is 6.64. The number of hydrogen-bond donors (Lipinski definition) is 0. The van der Waals surface area contributed by atoms with Crippen molar-refractivity contribution in [2.45, 2.75) is 18.9 Å². The fraction of sp³-hybridized carbons (Fsp3) is 0.333. The minimum atomic E-state index is -0.482. The average Bonchev–Trinajstić information content (AvgIpc) is 3.14. The fourth-order valence-electron chi connectivity index (χ4n) is 3.57. The zero-order chi connectivity index (χ0) is 19.4. The van der Waals surface area contributed by atoms with Crippen LogP contribution < -0.4 is 4.90 Å². The molecule has 0 N–H and O–H groups in total. The number of nitrogens with zero attached hydrogens (tertiary/aromatic N) is 2. The van der Waals surface area contributed by atoms with Gasteiger partial charge in [0.05, 0.1) is 24.9 Å². The van der Waals surface area contributed by atoms with Crippen LogP contribution >= 0.6 is 0 Å². The number of amides is 1. The molecule has 0 aromatic heterocycles. The van der Waals surface area contributed by atoms with Crippen molar-refractivity contribution in [2.24, 2.45) is 0 Å². The van der Waals surface area contributed by atoms with Gasteiger partial charge in [0.2, 0.25) is 5.91 Å². The zero-order valence-electron chi connectivity index (χ0n) is 15.5. The first-order valence-electron chi connectivity index (χ1n) is 8.94. The zero-order valence-corrected chi connectivity index (χ0v) is 15.5. The molecule has 6 heteroatoms. The minimum absolute atomic E-state index is 0.0221. The Morgan fingerprint density at radius 1 is 1.22 bits per heavy atom. The molecule has 0 bridgehead atoms. The maximum Gasteiger partial charge on any atom is 0.339 e. The van der Waals surface area contributed by atoms with Crippen LogP contribution in [0, 0.1) is 5.82 Å². The summed E-state index contributed by atoms with van der Waals surface area (Å²) in [6.07, 6.45) is 1.84. The van der Waals surface area contributed by atoms with Crippen LogP contribution in [0.3, 0.4) is 0 Å². The lowest BCUT2D eigenvalue weighted by Crippen LogP contribution is -2.38. The number of likely N-dealkylation sites (tertiary alicyclic amines) is 1. The van der Waals surface area contributed by atoms with Crippen molar-refractivity contribution in [3.05, 3.63) is 65.5 Å². The molecule has 3 rings (SSSR count). The van der Waals surface area contributed by atoms with Crippen LogP contribution in [0.25, 0.3) is 0 Å². The van der Waals surface area contributed by atoms with E-state index < -0.39 is 5.97 Å². The molecule has 1 aliphatic rings. The second kappa shape index (κ2) is 8.31. The number of anilines is 1. The first kappa shape index (κ1) is 19.0. The monoisotopic (exact) mass is 370 g/mol. The summed E-state index contributed by atoms with van der Waals surface area (Å²) in [7, 11) is 2.96. The van der Waals surface area contributed by atoms with Crippen molar-refractivity contribution in [1.82, 2.24) is 4.90 Å². The maximum absolute atomic E-state index is 13.6. The van der Waals surface area contributed by atoms with Gasteiger partial charge in [0, 0.05) is 13.1 Å². The van der Waals surface area contributed by atoms with Crippen LogP contribution in [0.1, 0.15) is 34.8 Å². The van der Waals surface area contributed by atoms with Crippen molar-refractivity contribution in [1.29, 1.82) is 0 Å². The van der Waals surface area contributed by atoms with E-state index in [0.29, 0.717) is 11.3 Å². The Labute approximate surface area is 158 Å². The molecule has 0 unspecified atom stereocenters. The highest BCUT2D eigenvalue weighted by molar-refractivity contribution is 6.02. The van der Waals surface area contributed by atoms with Gasteiger partial charge in [-0.25, -0.2) is 9.18 Å². The molecule has 1 amide bonds. The van der Waals surface area contributed by atoms with E-state index in [2.05, 4.69) is 4.90 Å². The van der Waals surface area contributed by atoms with Gasteiger partial charge >= 0.3 is 5.97 Å². The van der Waals surface area contributed by atoms with E-state index in [-0.39, 0.29) is 24.3 Å². The Hall–Kier alpha value is -2.73. The van der Waals surface area contributed by atoms with Gasteiger partial charge in [-0.3, -0.25) is 9.69 Å². The largest absolute Gasteiger partial charge is 0.465 e. The van der Waals surface area contributed by atoms with Gasteiger partial charge < -0.3 is 9.64 Å². The highest BCUT2D eigenvalue weighted by Gasteiger charge is 2.29. The van der Waals surface area contributed by atoms with E-state index in [1.54, 1.807) is 37.4 Å². The van der Waals surface area contributed by atoms with Crippen molar-refractivity contribution < 1.29 is 18.7 Å². The standard InChI is InChI=1S/C21H23FN2O3/c1-23(19-10-4-3-9-17(19)21(26)27-2)20(25)14-24-12-6-11-18(24)15-7-5-8-16(22)13-15/h3-5,7-10,13,18H,6,11-12,14H2,1-2H3/t18-/m1/s1. The van der Waals surface area contributed by atoms with E-state index in [0.717, 1.165) is 24.9 Å². The average molecular weight is 370 g/mol. The minimum Gasteiger partial charge on any atom is -0.465 e. The molecule has 2 aromatic carbocycles. The Morgan fingerprint density at radius 3 is 2.74 bits per heavy atom. The summed E-state index contributed by atoms with van der Waals surface area (Å²) >= 11 is 0. The highest BCUT2D eigenvalue weighted by atomic mass is 19.1. The third-order valence-corrected chi connectivity index (χ3v) is 4.98. The van der Waals surface area contributed by atoms with E-state index in [4.69, 9.17) is 4.74 Å². The van der Waals surface area contributed by atoms with Gasteiger partial charge in [-0.05, 0) is 49.2 Å². The normalized spacial score (nSPS) is 16.9. The molecule has 1 fully saturated rings. The molecular formula is C21H23FN2O3. The Balaban J connectivity index is 1.76. The van der Waals surface area contributed by atoms with Gasteiger partial charge in [-0.2, -0.15) is 0 Å². The third-order valence-electron chi connectivity index (χ3n) is 4.98. The molecule has 1 heterocycles. The number of likely N-dealkylation sites (N-methyl/N-ethyl adjacent to an activating group) is 1. The lowest BCUT2D eigenvalue weighted by atomic mass is 10.0. The molecule has 0 radical (unpaired) electrons. The molecule has 27 heavy (non-hydrogen) atoms. The lowest BCUT2D eigenvalue weighted by Gasteiger charge is -2.27. The predicted octanol–water partition coefficient (Wildman–Crippen LogP) is 3.41.